The van der Waals surface area contributed by atoms with Crippen molar-refractivity contribution < 1.29 is 48.0 Å². The zero-order valence-corrected chi connectivity index (χ0v) is 13.5. The van der Waals surface area contributed by atoms with Gasteiger partial charge in [0.2, 0.25) is 11.9 Å². The minimum atomic E-state index is -5.26. The molecule has 0 spiro atoms. The highest BCUT2D eigenvalue weighted by atomic mass is 19.4. The fourth-order valence-electron chi connectivity index (χ4n) is 2.17. The number of rotatable bonds is 3. The van der Waals surface area contributed by atoms with E-state index >= 15 is 0 Å². The second kappa shape index (κ2) is 8.48. The van der Waals surface area contributed by atoms with Crippen molar-refractivity contribution in [3.63, 3.8) is 0 Å². The highest BCUT2D eigenvalue weighted by Gasteiger charge is 2.44. The molecule has 0 aromatic carbocycles. The van der Waals surface area contributed by atoms with Crippen molar-refractivity contribution in [2.75, 3.05) is 26.7 Å². The van der Waals surface area contributed by atoms with Crippen LogP contribution in [0.2, 0.25) is 0 Å². The molecule has 1 aliphatic rings. The lowest BCUT2D eigenvalue weighted by molar-refractivity contribution is -0.222. The summed E-state index contributed by atoms with van der Waals surface area (Å²) in [7, 11) is 0.824. The molecule has 6 N–H and O–H groups in total. The molecule has 0 bridgehead atoms. The fourth-order valence-corrected chi connectivity index (χ4v) is 2.17. The molecule has 1 rings (SSSR count). The first-order valence-electron chi connectivity index (χ1n) is 7.20. The van der Waals surface area contributed by atoms with Gasteiger partial charge in [0, 0.05) is 13.6 Å². The molecule has 0 radical (unpaired) electrons. The number of aliphatic hydroxyl groups is 4. The maximum atomic E-state index is 12.1. The summed E-state index contributed by atoms with van der Waals surface area (Å²) in [4.78, 5) is 27.5. The minimum absolute atomic E-state index is 0.149. The summed E-state index contributed by atoms with van der Waals surface area (Å²) in [5.74, 6) is -4.25. The molecule has 0 aromatic heterocycles. The van der Waals surface area contributed by atoms with Crippen LogP contribution in [0, 0.1) is 5.41 Å². The summed E-state index contributed by atoms with van der Waals surface area (Å²) in [5, 5.41) is 47.8. The van der Waals surface area contributed by atoms with E-state index in [1.54, 1.807) is 0 Å². The van der Waals surface area contributed by atoms with Gasteiger partial charge in [-0.25, -0.2) is 4.79 Å². The summed E-state index contributed by atoms with van der Waals surface area (Å²) in [5.41, 5.74) is 0. The molecule has 0 saturated carbocycles. The Kier molecular flexibility index (Phi) is 7.14. The molecule has 1 saturated heterocycles. The Morgan fingerprint density at radius 1 is 1.31 bits per heavy atom. The van der Waals surface area contributed by atoms with E-state index in [9.17, 15) is 43.2 Å². The zero-order valence-electron chi connectivity index (χ0n) is 13.5. The van der Waals surface area contributed by atoms with Gasteiger partial charge in [0.25, 0.3) is 0 Å². The second-order valence-electron chi connectivity index (χ2n) is 5.42. The van der Waals surface area contributed by atoms with Crippen LogP contribution in [0.5, 0.6) is 0 Å². The third-order valence-electron chi connectivity index (χ3n) is 3.60. The van der Waals surface area contributed by atoms with Gasteiger partial charge in [-0.05, 0) is 0 Å². The van der Waals surface area contributed by atoms with Crippen molar-refractivity contribution in [1.29, 1.82) is 5.41 Å². The minimum Gasteiger partial charge on any atom is -0.394 e. The number of halogens is 3. The Morgan fingerprint density at radius 2 is 1.88 bits per heavy atom. The van der Waals surface area contributed by atoms with E-state index in [0.717, 1.165) is 11.9 Å². The molecule has 1 amide bonds. The highest BCUT2D eigenvalue weighted by Crippen LogP contribution is 2.19. The number of carbonyl (C=O) groups is 2. The largest absolute Gasteiger partial charge is 0.493 e. The van der Waals surface area contributed by atoms with Crippen LogP contribution in [-0.4, -0.2) is 105 Å². The van der Waals surface area contributed by atoms with E-state index in [0.29, 0.717) is 0 Å². The normalized spacial score (nSPS) is 26.2. The number of hydroxylamine groups is 2. The summed E-state index contributed by atoms with van der Waals surface area (Å²) in [6.45, 7) is -1.83. The van der Waals surface area contributed by atoms with Gasteiger partial charge in [0.05, 0.1) is 19.2 Å². The fraction of sp³-hybridized carbons (Fsp3) is 0.750. The maximum absolute atomic E-state index is 12.1. The van der Waals surface area contributed by atoms with Crippen molar-refractivity contribution >= 4 is 17.8 Å². The Bertz CT molecular complexity index is 547. The number of hydrogen-bond donors (Lipinski definition) is 6. The molecular formula is C12H19F3N4O7. The van der Waals surface area contributed by atoms with Gasteiger partial charge >= 0.3 is 12.1 Å². The van der Waals surface area contributed by atoms with Gasteiger partial charge in [-0.2, -0.15) is 18.2 Å². The molecule has 150 valence electrons. The van der Waals surface area contributed by atoms with E-state index in [4.69, 9.17) is 5.41 Å². The average Bonchev–Trinajstić information content (AvgIpc) is 2.55. The van der Waals surface area contributed by atoms with Crippen molar-refractivity contribution in [3.05, 3.63) is 0 Å². The average molecular weight is 388 g/mol. The van der Waals surface area contributed by atoms with Crippen LogP contribution in [0.25, 0.3) is 0 Å². The molecule has 26 heavy (non-hydrogen) atoms. The van der Waals surface area contributed by atoms with E-state index in [-0.39, 0.29) is 5.06 Å². The molecule has 4 atom stereocenters. The number of nitrogens with one attached hydrogen (secondary N) is 2. The zero-order chi connectivity index (χ0) is 20.2. The number of alkyl halides is 3. The van der Waals surface area contributed by atoms with Crippen molar-refractivity contribution in [3.8, 4) is 0 Å². The topological polar surface area (TPSA) is 167 Å². The number of carbonyl (C=O) groups excluding carboxylic acids is 2. The molecule has 0 aliphatic carbocycles. The van der Waals surface area contributed by atoms with Gasteiger partial charge < -0.3 is 35.5 Å². The van der Waals surface area contributed by atoms with Gasteiger partial charge in [-0.1, -0.05) is 0 Å². The third kappa shape index (κ3) is 5.17. The summed E-state index contributed by atoms with van der Waals surface area (Å²) >= 11 is 0. The Morgan fingerprint density at radius 3 is 2.38 bits per heavy atom. The number of amides is 1. The van der Waals surface area contributed by atoms with E-state index in [1.165, 1.54) is 0 Å². The lowest BCUT2D eigenvalue weighted by Crippen LogP contribution is -2.65. The van der Waals surface area contributed by atoms with Crippen LogP contribution in [0.3, 0.4) is 0 Å². The SMILES string of the molecule is CN(OC(=O)C(F)(F)F)C(=N)NCC(=O)N1C[C@H](O)[C@@H](O)[C@H](O)[C@H]1CO. The monoisotopic (exact) mass is 388 g/mol. The number of β-amino-alcohol motifs (C(OH)–C–C–N with tert-alkyl or cyclic N) is 1. The third-order valence-corrected chi connectivity index (χ3v) is 3.60. The van der Waals surface area contributed by atoms with Crippen LogP contribution in [-0.2, 0) is 14.4 Å². The van der Waals surface area contributed by atoms with Gasteiger partial charge in [-0.15, -0.1) is 0 Å². The van der Waals surface area contributed by atoms with Crippen LogP contribution >= 0.6 is 0 Å². The van der Waals surface area contributed by atoms with E-state index in [1.807, 2.05) is 0 Å². The molecule has 1 fully saturated rings. The first-order chi connectivity index (χ1) is 11.9. The van der Waals surface area contributed by atoms with E-state index in [2.05, 4.69) is 10.2 Å². The summed E-state index contributed by atoms with van der Waals surface area (Å²) in [6, 6.07) is -1.22. The Balaban J connectivity index is 2.62. The van der Waals surface area contributed by atoms with Crippen LogP contribution in [0.15, 0.2) is 0 Å². The molecule has 1 aliphatic heterocycles. The van der Waals surface area contributed by atoms with Crippen molar-refractivity contribution in [2.45, 2.75) is 30.5 Å². The van der Waals surface area contributed by atoms with E-state index < -0.39 is 68.1 Å². The summed E-state index contributed by atoms with van der Waals surface area (Å²) in [6.07, 6.45) is -9.94. The standard InChI is InChI=1S/C12H19F3N4O7/c1-18(26-10(25)12(13,14)15)11(16)17-2-7(22)19-3-6(21)9(24)8(23)5(19)4-20/h5-6,8-9,20-21,23-24H,2-4H2,1H3,(H2,16,17)/t5-,6+,8-,9-/m1/s1. The Labute approximate surface area is 145 Å². The predicted octanol–water partition coefficient (Wildman–Crippen LogP) is -3.25. The van der Waals surface area contributed by atoms with Crippen LogP contribution < -0.4 is 5.32 Å². The van der Waals surface area contributed by atoms with Crippen LogP contribution in [0.4, 0.5) is 13.2 Å². The number of guanidine groups is 1. The number of hydrogen-bond acceptors (Lipinski definition) is 8. The predicted molar refractivity (Wildman–Crippen MR) is 76.2 cm³/mol. The second-order valence-corrected chi connectivity index (χ2v) is 5.42. The highest BCUT2D eigenvalue weighted by molar-refractivity contribution is 5.86. The number of likely N-dealkylation sites (tertiary alicyclic amines) is 1. The summed E-state index contributed by atoms with van der Waals surface area (Å²) < 4.78 is 36.2. The van der Waals surface area contributed by atoms with Crippen molar-refractivity contribution in [1.82, 2.24) is 15.3 Å². The Hall–Kier alpha value is -2.16. The molecular weight excluding hydrogens is 369 g/mol. The molecule has 0 unspecified atom stereocenters. The lowest BCUT2D eigenvalue weighted by Gasteiger charge is -2.43. The molecule has 0 aromatic rings. The lowest BCUT2D eigenvalue weighted by atomic mass is 9.94. The number of aliphatic hydroxyl groups excluding tert-OH is 4. The maximum Gasteiger partial charge on any atom is 0.493 e. The van der Waals surface area contributed by atoms with Gasteiger partial charge in [0.15, 0.2) is 0 Å². The smallest absolute Gasteiger partial charge is 0.394 e. The first kappa shape index (κ1) is 21.9. The molecule has 11 nitrogen and oxygen atoms in total. The van der Waals surface area contributed by atoms with Gasteiger partial charge in [-0.3, -0.25) is 10.2 Å². The number of piperidine rings is 1. The van der Waals surface area contributed by atoms with Crippen molar-refractivity contribution in [2.24, 2.45) is 0 Å². The first-order valence-corrected chi connectivity index (χ1v) is 7.20. The van der Waals surface area contributed by atoms with Gasteiger partial charge in [0.1, 0.15) is 18.3 Å². The van der Waals surface area contributed by atoms with Crippen LogP contribution in [0.1, 0.15) is 0 Å². The number of nitrogens with zero attached hydrogens (tertiary/aromatic N) is 2. The quantitative estimate of drug-likeness (QED) is 0.165. The molecule has 1 heterocycles. The molecule has 14 heteroatoms.